The summed E-state index contributed by atoms with van der Waals surface area (Å²) in [6, 6.07) is 13.8. The fourth-order valence-corrected chi connectivity index (χ4v) is 3.40. The maximum absolute atomic E-state index is 13.4. The molecule has 3 amide bonds. The molecule has 0 saturated carbocycles. The van der Waals surface area contributed by atoms with Crippen molar-refractivity contribution >= 4 is 11.9 Å². The Bertz CT molecular complexity index is 922. The highest BCUT2D eigenvalue weighted by Crippen LogP contribution is 2.34. The Morgan fingerprint density at radius 1 is 1.14 bits per heavy atom. The summed E-state index contributed by atoms with van der Waals surface area (Å²) in [6.07, 6.45) is 2.03. The highest BCUT2D eigenvalue weighted by Gasteiger charge is 2.51. The number of hydrogen-bond acceptors (Lipinski definition) is 4. The van der Waals surface area contributed by atoms with Crippen LogP contribution in [0.25, 0.3) is 0 Å². The highest BCUT2D eigenvalue weighted by molar-refractivity contribution is 6.07. The molecule has 3 rings (SSSR count). The van der Waals surface area contributed by atoms with Crippen molar-refractivity contribution in [2.45, 2.75) is 31.7 Å². The molecular formula is C22H22FN3O3. The number of nitriles is 1. The van der Waals surface area contributed by atoms with Gasteiger partial charge in [-0.2, -0.15) is 5.26 Å². The molecule has 0 aromatic heterocycles. The predicted octanol–water partition coefficient (Wildman–Crippen LogP) is 3.71. The van der Waals surface area contributed by atoms with Crippen LogP contribution in [0.5, 0.6) is 5.75 Å². The molecular weight excluding hydrogens is 373 g/mol. The molecule has 0 aliphatic carbocycles. The lowest BCUT2D eigenvalue weighted by molar-refractivity contribution is -0.132. The molecule has 1 atom stereocenters. The molecule has 2 aromatic carbocycles. The number of benzene rings is 2. The number of amides is 3. The molecule has 1 fully saturated rings. The van der Waals surface area contributed by atoms with Crippen LogP contribution in [0, 0.1) is 17.1 Å². The van der Waals surface area contributed by atoms with E-state index in [-0.39, 0.29) is 19.1 Å². The van der Waals surface area contributed by atoms with Gasteiger partial charge in [0, 0.05) is 0 Å². The van der Waals surface area contributed by atoms with Crippen LogP contribution in [-0.2, 0) is 10.3 Å². The van der Waals surface area contributed by atoms with E-state index in [1.54, 1.807) is 36.4 Å². The minimum Gasteiger partial charge on any atom is -0.492 e. The van der Waals surface area contributed by atoms with Gasteiger partial charge in [-0.25, -0.2) is 9.18 Å². The van der Waals surface area contributed by atoms with Gasteiger partial charge in [-0.3, -0.25) is 9.69 Å². The fourth-order valence-electron chi connectivity index (χ4n) is 3.40. The average Bonchev–Trinajstić information content (AvgIpc) is 2.98. The third kappa shape index (κ3) is 4.21. The summed E-state index contributed by atoms with van der Waals surface area (Å²) in [5.74, 6) is -0.207. The first-order chi connectivity index (χ1) is 14.0. The number of urea groups is 1. The summed E-state index contributed by atoms with van der Waals surface area (Å²) in [4.78, 5) is 26.9. The third-order valence-electron chi connectivity index (χ3n) is 4.99. The zero-order valence-electron chi connectivity index (χ0n) is 16.2. The molecule has 1 heterocycles. The van der Waals surface area contributed by atoms with Crippen LogP contribution in [0.1, 0.15) is 37.3 Å². The van der Waals surface area contributed by atoms with Crippen molar-refractivity contribution in [3.05, 3.63) is 65.5 Å². The van der Waals surface area contributed by atoms with Crippen LogP contribution in [0.4, 0.5) is 9.18 Å². The first kappa shape index (κ1) is 20.3. The van der Waals surface area contributed by atoms with Gasteiger partial charge in [0.1, 0.15) is 23.7 Å². The highest BCUT2D eigenvalue weighted by atomic mass is 19.1. The van der Waals surface area contributed by atoms with Gasteiger partial charge in [-0.15, -0.1) is 0 Å². The maximum atomic E-state index is 13.4. The van der Waals surface area contributed by atoms with Crippen molar-refractivity contribution in [3.8, 4) is 11.8 Å². The van der Waals surface area contributed by atoms with Gasteiger partial charge in [0.15, 0.2) is 0 Å². The number of ether oxygens (including phenoxy) is 1. The molecule has 29 heavy (non-hydrogen) atoms. The largest absolute Gasteiger partial charge is 0.492 e. The lowest BCUT2D eigenvalue weighted by Crippen LogP contribution is -2.44. The van der Waals surface area contributed by atoms with E-state index in [0.29, 0.717) is 23.3 Å². The number of halogens is 1. The first-order valence-corrected chi connectivity index (χ1v) is 9.53. The van der Waals surface area contributed by atoms with E-state index in [9.17, 15) is 14.0 Å². The van der Waals surface area contributed by atoms with Crippen LogP contribution in [-0.4, -0.2) is 30.0 Å². The van der Waals surface area contributed by atoms with E-state index in [0.717, 1.165) is 17.7 Å². The zero-order chi connectivity index (χ0) is 20.9. The van der Waals surface area contributed by atoms with Crippen molar-refractivity contribution in [3.63, 3.8) is 0 Å². The van der Waals surface area contributed by atoms with E-state index in [1.165, 1.54) is 12.1 Å². The second kappa shape index (κ2) is 8.74. The Morgan fingerprint density at radius 3 is 2.45 bits per heavy atom. The molecule has 1 aliphatic heterocycles. The molecule has 0 bridgehead atoms. The molecule has 0 radical (unpaired) electrons. The minimum absolute atomic E-state index is 0.0831. The van der Waals surface area contributed by atoms with E-state index in [2.05, 4.69) is 5.32 Å². The normalized spacial score (nSPS) is 18.4. The molecule has 1 N–H and O–H groups in total. The molecule has 1 unspecified atom stereocenters. The molecule has 7 heteroatoms. The second-order valence-electron chi connectivity index (χ2n) is 6.89. The SMILES string of the molecule is CCCCC1(c2ccc(F)cc2)NC(=O)N(CCOc2ccc(C#N)cc2)C1=O. The maximum Gasteiger partial charge on any atom is 0.325 e. The molecule has 2 aromatic rings. The van der Waals surface area contributed by atoms with Crippen molar-refractivity contribution < 1.29 is 18.7 Å². The van der Waals surface area contributed by atoms with Crippen LogP contribution in [0.15, 0.2) is 48.5 Å². The van der Waals surface area contributed by atoms with Crippen molar-refractivity contribution in [2.75, 3.05) is 13.2 Å². The van der Waals surface area contributed by atoms with Crippen molar-refractivity contribution in [1.82, 2.24) is 10.2 Å². The Labute approximate surface area is 168 Å². The number of unbranched alkanes of at least 4 members (excludes halogenated alkanes) is 1. The summed E-state index contributed by atoms with van der Waals surface area (Å²) in [5.41, 5.74) is -0.0949. The molecule has 1 saturated heterocycles. The second-order valence-corrected chi connectivity index (χ2v) is 6.89. The predicted molar refractivity (Wildman–Crippen MR) is 104 cm³/mol. The van der Waals surface area contributed by atoms with Crippen molar-refractivity contribution in [2.24, 2.45) is 0 Å². The number of carbonyl (C=O) groups excluding carboxylic acids is 2. The van der Waals surface area contributed by atoms with Gasteiger partial charge in [0.25, 0.3) is 5.91 Å². The summed E-state index contributed by atoms with van der Waals surface area (Å²) in [5, 5.41) is 11.7. The standard InChI is InChI=1S/C22H22FN3O3/c1-2-3-12-22(17-6-8-18(23)9-7-17)20(27)26(21(28)25-22)13-14-29-19-10-4-16(15-24)5-11-19/h4-11H,2-3,12-14H2,1H3,(H,25,28). The fraction of sp³-hybridized carbons (Fsp3) is 0.318. The Kier molecular flexibility index (Phi) is 6.13. The van der Waals surface area contributed by atoms with Crippen LogP contribution >= 0.6 is 0 Å². The molecule has 1 aliphatic rings. The van der Waals surface area contributed by atoms with Gasteiger partial charge >= 0.3 is 6.03 Å². The minimum atomic E-state index is -1.19. The van der Waals surface area contributed by atoms with Gasteiger partial charge < -0.3 is 10.1 Å². The summed E-state index contributed by atoms with van der Waals surface area (Å²) >= 11 is 0. The lowest BCUT2D eigenvalue weighted by atomic mass is 9.85. The van der Waals surface area contributed by atoms with Gasteiger partial charge in [0.05, 0.1) is 18.2 Å². The summed E-state index contributed by atoms with van der Waals surface area (Å²) < 4.78 is 19.0. The van der Waals surface area contributed by atoms with Crippen LogP contribution in [0.3, 0.4) is 0 Å². The monoisotopic (exact) mass is 395 g/mol. The quantitative estimate of drug-likeness (QED) is 0.691. The van der Waals surface area contributed by atoms with Gasteiger partial charge in [0.2, 0.25) is 0 Å². The number of imide groups is 1. The first-order valence-electron chi connectivity index (χ1n) is 9.53. The lowest BCUT2D eigenvalue weighted by Gasteiger charge is -2.27. The zero-order valence-corrected chi connectivity index (χ0v) is 16.2. The van der Waals surface area contributed by atoms with Crippen LogP contribution in [0.2, 0.25) is 0 Å². The number of rotatable bonds is 8. The van der Waals surface area contributed by atoms with Crippen LogP contribution < -0.4 is 10.1 Å². The van der Waals surface area contributed by atoms with Crippen molar-refractivity contribution in [1.29, 1.82) is 5.26 Å². The molecule has 6 nitrogen and oxygen atoms in total. The van der Waals surface area contributed by atoms with E-state index >= 15 is 0 Å². The Morgan fingerprint density at radius 2 is 1.83 bits per heavy atom. The Hall–Kier alpha value is -3.40. The van der Waals surface area contributed by atoms with E-state index in [1.807, 2.05) is 13.0 Å². The third-order valence-corrected chi connectivity index (χ3v) is 4.99. The topological polar surface area (TPSA) is 82.4 Å². The Balaban J connectivity index is 1.73. The van der Waals surface area contributed by atoms with Gasteiger partial charge in [-0.1, -0.05) is 31.9 Å². The molecule has 150 valence electrons. The number of nitrogens with zero attached hydrogens (tertiary/aromatic N) is 2. The number of nitrogens with one attached hydrogen (secondary N) is 1. The van der Waals surface area contributed by atoms with E-state index < -0.39 is 17.4 Å². The van der Waals surface area contributed by atoms with Gasteiger partial charge in [-0.05, 0) is 48.4 Å². The smallest absolute Gasteiger partial charge is 0.325 e. The molecule has 0 spiro atoms. The summed E-state index contributed by atoms with van der Waals surface area (Å²) in [6.45, 7) is 2.21. The number of hydrogen-bond donors (Lipinski definition) is 1. The van der Waals surface area contributed by atoms with E-state index in [4.69, 9.17) is 10.00 Å². The summed E-state index contributed by atoms with van der Waals surface area (Å²) in [7, 11) is 0. The number of carbonyl (C=O) groups is 2. The average molecular weight is 395 g/mol.